The summed E-state index contributed by atoms with van der Waals surface area (Å²) >= 11 is 1.61. The summed E-state index contributed by atoms with van der Waals surface area (Å²) in [5.74, 6) is 0.703. The lowest BCUT2D eigenvalue weighted by Crippen LogP contribution is -2.41. The van der Waals surface area contributed by atoms with Gasteiger partial charge in [-0.1, -0.05) is 6.92 Å². The Morgan fingerprint density at radius 3 is 2.80 bits per heavy atom. The van der Waals surface area contributed by atoms with Crippen LogP contribution in [0.5, 0.6) is 0 Å². The predicted octanol–water partition coefficient (Wildman–Crippen LogP) is 0.349. The number of ether oxygens (including phenoxy) is 1. The van der Waals surface area contributed by atoms with Crippen LogP contribution < -0.4 is 0 Å². The van der Waals surface area contributed by atoms with Crippen LogP contribution in [0, 0.1) is 0 Å². The molecule has 0 aliphatic carbocycles. The third kappa shape index (κ3) is 4.86. The third-order valence-electron chi connectivity index (χ3n) is 2.39. The van der Waals surface area contributed by atoms with Crippen LogP contribution in [0.4, 0.5) is 0 Å². The second kappa shape index (κ2) is 7.09. The SMILES string of the molecule is CC(CCO)SCC(=O)N1CCOCC1. The first-order chi connectivity index (χ1) is 7.24. The van der Waals surface area contributed by atoms with Crippen molar-refractivity contribution in [3.63, 3.8) is 0 Å². The molecule has 4 nitrogen and oxygen atoms in total. The van der Waals surface area contributed by atoms with Gasteiger partial charge in [-0.3, -0.25) is 4.79 Å². The zero-order valence-electron chi connectivity index (χ0n) is 9.15. The zero-order chi connectivity index (χ0) is 11.1. The molecule has 1 rings (SSSR count). The van der Waals surface area contributed by atoms with Crippen LogP contribution in [0.25, 0.3) is 0 Å². The lowest BCUT2D eigenvalue weighted by atomic mass is 10.3. The normalized spacial score (nSPS) is 18.9. The van der Waals surface area contributed by atoms with Gasteiger partial charge >= 0.3 is 0 Å². The molecule has 1 heterocycles. The van der Waals surface area contributed by atoms with E-state index >= 15 is 0 Å². The van der Waals surface area contributed by atoms with E-state index in [-0.39, 0.29) is 12.5 Å². The molecule has 1 amide bonds. The van der Waals surface area contributed by atoms with Crippen LogP contribution in [0.15, 0.2) is 0 Å². The van der Waals surface area contributed by atoms with E-state index in [2.05, 4.69) is 0 Å². The molecule has 0 saturated carbocycles. The van der Waals surface area contributed by atoms with Crippen molar-refractivity contribution in [2.24, 2.45) is 0 Å². The van der Waals surface area contributed by atoms with Gasteiger partial charge < -0.3 is 14.7 Å². The highest BCUT2D eigenvalue weighted by Crippen LogP contribution is 2.14. The number of carbonyl (C=O) groups is 1. The number of thioether (sulfide) groups is 1. The summed E-state index contributed by atoms with van der Waals surface area (Å²) in [6, 6.07) is 0. The Hall–Kier alpha value is -0.260. The molecular weight excluding hydrogens is 214 g/mol. The van der Waals surface area contributed by atoms with Crippen molar-refractivity contribution >= 4 is 17.7 Å². The van der Waals surface area contributed by atoms with Gasteiger partial charge in [0.25, 0.3) is 0 Å². The number of aliphatic hydroxyl groups excluding tert-OH is 1. The van der Waals surface area contributed by atoms with Gasteiger partial charge in [0.1, 0.15) is 0 Å². The second-order valence-corrected chi connectivity index (χ2v) is 5.05. The van der Waals surface area contributed by atoms with Crippen molar-refractivity contribution in [1.29, 1.82) is 0 Å². The van der Waals surface area contributed by atoms with Gasteiger partial charge in [-0.05, 0) is 6.42 Å². The predicted molar refractivity (Wildman–Crippen MR) is 61.0 cm³/mol. The van der Waals surface area contributed by atoms with Crippen LogP contribution in [0.3, 0.4) is 0 Å². The van der Waals surface area contributed by atoms with Crippen LogP contribution in [0.2, 0.25) is 0 Å². The van der Waals surface area contributed by atoms with Gasteiger partial charge in [0.2, 0.25) is 5.91 Å². The number of morpholine rings is 1. The van der Waals surface area contributed by atoms with Crippen molar-refractivity contribution in [2.45, 2.75) is 18.6 Å². The minimum Gasteiger partial charge on any atom is -0.396 e. The fraction of sp³-hybridized carbons (Fsp3) is 0.900. The molecule has 1 aliphatic rings. The monoisotopic (exact) mass is 233 g/mol. The fourth-order valence-corrected chi connectivity index (χ4v) is 2.26. The summed E-state index contributed by atoms with van der Waals surface area (Å²) in [7, 11) is 0. The highest BCUT2D eigenvalue weighted by atomic mass is 32.2. The van der Waals surface area contributed by atoms with Gasteiger partial charge in [0.15, 0.2) is 0 Å². The molecule has 15 heavy (non-hydrogen) atoms. The number of rotatable bonds is 5. The Kier molecular flexibility index (Phi) is 6.05. The van der Waals surface area contributed by atoms with Crippen molar-refractivity contribution in [1.82, 2.24) is 4.90 Å². The summed E-state index contributed by atoms with van der Waals surface area (Å²) in [4.78, 5) is 13.5. The van der Waals surface area contributed by atoms with Gasteiger partial charge in [0.05, 0.1) is 19.0 Å². The Balaban J connectivity index is 2.16. The molecule has 5 heteroatoms. The van der Waals surface area contributed by atoms with E-state index in [4.69, 9.17) is 9.84 Å². The Labute approximate surface area is 95.0 Å². The molecule has 1 atom stereocenters. The van der Waals surface area contributed by atoms with Crippen LogP contribution >= 0.6 is 11.8 Å². The zero-order valence-corrected chi connectivity index (χ0v) is 9.96. The van der Waals surface area contributed by atoms with E-state index in [1.165, 1.54) is 0 Å². The quantitative estimate of drug-likeness (QED) is 0.744. The molecule has 1 fully saturated rings. The third-order valence-corrected chi connectivity index (χ3v) is 3.61. The van der Waals surface area contributed by atoms with Crippen molar-refractivity contribution in [3.05, 3.63) is 0 Å². The van der Waals surface area contributed by atoms with Crippen molar-refractivity contribution in [3.8, 4) is 0 Å². The van der Waals surface area contributed by atoms with Gasteiger partial charge in [0, 0.05) is 24.9 Å². The maximum atomic E-state index is 11.7. The second-order valence-electron chi connectivity index (χ2n) is 3.63. The molecule has 0 radical (unpaired) electrons. The maximum Gasteiger partial charge on any atom is 0.232 e. The maximum absolute atomic E-state index is 11.7. The van der Waals surface area contributed by atoms with E-state index in [1.807, 2.05) is 11.8 Å². The summed E-state index contributed by atoms with van der Waals surface area (Å²) in [6.07, 6.45) is 0.751. The minimum atomic E-state index is 0.188. The van der Waals surface area contributed by atoms with E-state index in [0.29, 0.717) is 37.3 Å². The van der Waals surface area contributed by atoms with Gasteiger partial charge in [-0.15, -0.1) is 11.8 Å². The first-order valence-corrected chi connectivity index (χ1v) is 6.37. The van der Waals surface area contributed by atoms with Crippen molar-refractivity contribution in [2.75, 3.05) is 38.7 Å². The molecular formula is C10H19NO3S. The van der Waals surface area contributed by atoms with Crippen LogP contribution in [0.1, 0.15) is 13.3 Å². The van der Waals surface area contributed by atoms with Crippen LogP contribution in [-0.2, 0) is 9.53 Å². The Morgan fingerprint density at radius 1 is 1.53 bits per heavy atom. The molecule has 1 N–H and O–H groups in total. The van der Waals surface area contributed by atoms with E-state index in [9.17, 15) is 4.79 Å². The summed E-state index contributed by atoms with van der Waals surface area (Å²) in [6.45, 7) is 4.97. The fourth-order valence-electron chi connectivity index (χ4n) is 1.38. The van der Waals surface area contributed by atoms with Gasteiger partial charge in [-0.2, -0.15) is 0 Å². The van der Waals surface area contributed by atoms with E-state index in [1.54, 1.807) is 11.8 Å². The highest BCUT2D eigenvalue weighted by molar-refractivity contribution is 8.00. The molecule has 0 aromatic heterocycles. The summed E-state index contributed by atoms with van der Waals surface area (Å²) in [5, 5.41) is 9.07. The molecule has 0 spiro atoms. The lowest BCUT2D eigenvalue weighted by molar-refractivity contribution is -0.132. The topological polar surface area (TPSA) is 49.8 Å². The standard InChI is InChI=1S/C10H19NO3S/c1-9(2-5-12)15-8-10(13)11-3-6-14-7-4-11/h9,12H,2-8H2,1H3. The first-order valence-electron chi connectivity index (χ1n) is 5.32. The average Bonchev–Trinajstić information content (AvgIpc) is 2.27. The lowest BCUT2D eigenvalue weighted by Gasteiger charge is -2.27. The van der Waals surface area contributed by atoms with Gasteiger partial charge in [-0.25, -0.2) is 0 Å². The molecule has 88 valence electrons. The molecule has 0 aromatic rings. The number of amides is 1. The molecule has 0 aromatic carbocycles. The molecule has 1 aliphatic heterocycles. The Morgan fingerprint density at radius 2 is 2.20 bits per heavy atom. The van der Waals surface area contributed by atoms with E-state index in [0.717, 1.165) is 6.42 Å². The number of hydrogen-bond donors (Lipinski definition) is 1. The largest absolute Gasteiger partial charge is 0.396 e. The molecule has 1 unspecified atom stereocenters. The summed E-state index contributed by atoms with van der Waals surface area (Å²) in [5.41, 5.74) is 0. The average molecular weight is 233 g/mol. The molecule has 0 bridgehead atoms. The minimum absolute atomic E-state index is 0.188. The summed E-state index contributed by atoms with van der Waals surface area (Å²) < 4.78 is 5.18. The van der Waals surface area contributed by atoms with Crippen LogP contribution in [-0.4, -0.2) is 59.8 Å². The number of aliphatic hydroxyl groups is 1. The number of carbonyl (C=O) groups excluding carboxylic acids is 1. The Bertz CT molecular complexity index is 195. The van der Waals surface area contributed by atoms with E-state index < -0.39 is 0 Å². The number of hydrogen-bond acceptors (Lipinski definition) is 4. The smallest absolute Gasteiger partial charge is 0.232 e. The van der Waals surface area contributed by atoms with Crippen molar-refractivity contribution < 1.29 is 14.6 Å². The molecule has 1 saturated heterocycles. The number of nitrogens with zero attached hydrogens (tertiary/aromatic N) is 1. The first kappa shape index (κ1) is 12.8. The highest BCUT2D eigenvalue weighted by Gasteiger charge is 2.17.